The molecule has 2 aromatic carbocycles. The number of tetrazole rings is 1. The van der Waals surface area contributed by atoms with Gasteiger partial charge in [-0.1, -0.05) is 17.7 Å². The van der Waals surface area contributed by atoms with Gasteiger partial charge < -0.3 is 10.1 Å². The summed E-state index contributed by atoms with van der Waals surface area (Å²) in [6.07, 6.45) is 3.67. The number of carbonyl (C=O) groups is 1. The van der Waals surface area contributed by atoms with Gasteiger partial charge in [0.15, 0.2) is 5.82 Å². The summed E-state index contributed by atoms with van der Waals surface area (Å²) in [5.41, 5.74) is 4.51. The molecule has 1 fully saturated rings. The number of ether oxygens (including phenoxy) is 1. The van der Waals surface area contributed by atoms with E-state index in [4.69, 9.17) is 16.3 Å². The average molecular weight is 464 g/mol. The van der Waals surface area contributed by atoms with Crippen LogP contribution >= 0.6 is 11.6 Å². The zero-order valence-electron chi connectivity index (χ0n) is 18.4. The van der Waals surface area contributed by atoms with Gasteiger partial charge in [0.25, 0.3) is 5.91 Å². The summed E-state index contributed by atoms with van der Waals surface area (Å²) in [7, 11) is 1.57. The third kappa shape index (κ3) is 3.95. The molecular weight excluding hydrogens is 442 g/mol. The first-order valence-electron chi connectivity index (χ1n) is 10.6. The zero-order valence-corrected chi connectivity index (χ0v) is 19.2. The molecule has 0 unspecified atom stereocenters. The maximum absolute atomic E-state index is 13.3. The Morgan fingerprint density at radius 3 is 2.64 bits per heavy atom. The van der Waals surface area contributed by atoms with E-state index in [1.54, 1.807) is 43.1 Å². The first-order valence-corrected chi connectivity index (χ1v) is 10.9. The third-order valence-electron chi connectivity index (χ3n) is 5.71. The summed E-state index contributed by atoms with van der Waals surface area (Å²) in [5.74, 6) is 1.26. The molecule has 9 nitrogen and oxygen atoms in total. The summed E-state index contributed by atoms with van der Waals surface area (Å²) in [4.78, 5) is 13.3. The highest BCUT2D eigenvalue weighted by Gasteiger charge is 2.33. The quantitative estimate of drug-likeness (QED) is 0.458. The van der Waals surface area contributed by atoms with Crippen molar-refractivity contribution >= 4 is 23.2 Å². The van der Waals surface area contributed by atoms with E-state index in [1.807, 2.05) is 29.8 Å². The van der Waals surface area contributed by atoms with Crippen LogP contribution < -0.4 is 10.1 Å². The van der Waals surface area contributed by atoms with E-state index in [0.29, 0.717) is 39.5 Å². The molecule has 0 saturated heterocycles. The molecule has 168 valence electrons. The number of methoxy groups -OCH3 is 1. The van der Waals surface area contributed by atoms with E-state index in [2.05, 4.69) is 25.9 Å². The van der Waals surface area contributed by atoms with Crippen molar-refractivity contribution in [3.63, 3.8) is 0 Å². The first kappa shape index (κ1) is 21.1. The predicted molar refractivity (Wildman–Crippen MR) is 124 cm³/mol. The Morgan fingerprint density at radius 1 is 1.15 bits per heavy atom. The van der Waals surface area contributed by atoms with Crippen molar-refractivity contribution in [2.75, 3.05) is 12.4 Å². The number of carbonyl (C=O) groups excluding carboxylic acids is 1. The molecule has 1 aliphatic carbocycles. The highest BCUT2D eigenvalue weighted by molar-refractivity contribution is 6.31. The van der Waals surface area contributed by atoms with Gasteiger partial charge in [0.2, 0.25) is 0 Å². The molecule has 1 N–H and O–H groups in total. The standard InChI is InChI=1S/C23H22ClN7O2/c1-13-4-8-17(11-19(13)24)31-22(15-5-6-15)18(12-25-31)23(32)26-16-7-9-21(33-3)20(10-16)30-14(2)27-28-29-30/h4,7-12,15H,5-6H2,1-3H3,(H,26,32). The molecule has 0 aliphatic heterocycles. The van der Waals surface area contributed by atoms with Crippen LogP contribution in [0.15, 0.2) is 42.6 Å². The van der Waals surface area contributed by atoms with E-state index >= 15 is 0 Å². The van der Waals surface area contributed by atoms with E-state index < -0.39 is 0 Å². The van der Waals surface area contributed by atoms with Crippen LogP contribution in [0.2, 0.25) is 5.02 Å². The van der Waals surface area contributed by atoms with Crippen LogP contribution in [0.5, 0.6) is 5.75 Å². The molecule has 0 radical (unpaired) electrons. The third-order valence-corrected chi connectivity index (χ3v) is 6.11. The normalized spacial score (nSPS) is 13.2. The second-order valence-electron chi connectivity index (χ2n) is 8.04. The smallest absolute Gasteiger partial charge is 0.259 e. The second kappa shape index (κ2) is 8.32. The molecule has 1 saturated carbocycles. The van der Waals surface area contributed by atoms with Crippen LogP contribution in [0.25, 0.3) is 11.4 Å². The van der Waals surface area contributed by atoms with Crippen LogP contribution in [0, 0.1) is 13.8 Å². The summed E-state index contributed by atoms with van der Waals surface area (Å²) in [6, 6.07) is 11.1. The number of anilines is 1. The number of rotatable bonds is 6. The van der Waals surface area contributed by atoms with Gasteiger partial charge in [0.05, 0.1) is 30.3 Å². The minimum Gasteiger partial charge on any atom is -0.494 e. The number of halogens is 1. The van der Waals surface area contributed by atoms with Gasteiger partial charge in [-0.2, -0.15) is 9.78 Å². The van der Waals surface area contributed by atoms with E-state index in [0.717, 1.165) is 29.8 Å². The van der Waals surface area contributed by atoms with E-state index in [9.17, 15) is 4.79 Å². The Morgan fingerprint density at radius 2 is 1.97 bits per heavy atom. The van der Waals surface area contributed by atoms with Crippen molar-refractivity contribution in [2.24, 2.45) is 0 Å². The number of hydrogen-bond acceptors (Lipinski definition) is 6. The molecule has 0 bridgehead atoms. The molecular formula is C23H22ClN7O2. The van der Waals surface area contributed by atoms with Crippen molar-refractivity contribution in [3.05, 3.63) is 70.3 Å². The molecule has 33 heavy (non-hydrogen) atoms. The fraction of sp³-hybridized carbons (Fsp3) is 0.261. The summed E-state index contributed by atoms with van der Waals surface area (Å²) in [5, 5.41) is 19.8. The molecule has 4 aromatic rings. The average Bonchev–Trinajstić information content (AvgIpc) is 3.40. The number of aryl methyl sites for hydroxylation is 2. The van der Waals surface area contributed by atoms with Crippen LogP contribution in [-0.4, -0.2) is 43.0 Å². The predicted octanol–water partition coefficient (Wildman–Crippen LogP) is 4.26. The lowest BCUT2D eigenvalue weighted by molar-refractivity contribution is 0.102. The number of amides is 1. The maximum atomic E-state index is 13.3. The fourth-order valence-corrected chi connectivity index (χ4v) is 3.96. The molecule has 1 aliphatic rings. The van der Waals surface area contributed by atoms with Crippen LogP contribution in [-0.2, 0) is 0 Å². The minimum absolute atomic E-state index is 0.231. The van der Waals surface area contributed by atoms with Gasteiger partial charge in [0, 0.05) is 16.6 Å². The van der Waals surface area contributed by atoms with Crippen molar-refractivity contribution < 1.29 is 9.53 Å². The Bertz CT molecular complexity index is 1360. The van der Waals surface area contributed by atoms with Crippen LogP contribution in [0.1, 0.15) is 46.2 Å². The van der Waals surface area contributed by atoms with Crippen LogP contribution in [0.3, 0.4) is 0 Å². The Hall–Kier alpha value is -3.72. The fourth-order valence-electron chi connectivity index (χ4n) is 3.79. The molecule has 2 heterocycles. The van der Waals surface area contributed by atoms with Gasteiger partial charge in [-0.05, 0) is 73.0 Å². The summed E-state index contributed by atoms with van der Waals surface area (Å²) in [6.45, 7) is 3.74. The minimum atomic E-state index is -0.231. The molecule has 5 rings (SSSR count). The number of nitrogens with one attached hydrogen (secondary N) is 1. The summed E-state index contributed by atoms with van der Waals surface area (Å²) < 4.78 is 8.82. The lowest BCUT2D eigenvalue weighted by Crippen LogP contribution is -2.15. The lowest BCUT2D eigenvalue weighted by atomic mass is 10.1. The number of aromatic nitrogens is 6. The SMILES string of the molecule is COc1ccc(NC(=O)c2cnn(-c3ccc(C)c(Cl)c3)c2C2CC2)cc1-n1nnnc1C. The highest BCUT2D eigenvalue weighted by atomic mass is 35.5. The Balaban J connectivity index is 1.48. The van der Waals surface area contributed by atoms with Crippen molar-refractivity contribution in [1.29, 1.82) is 0 Å². The van der Waals surface area contributed by atoms with Crippen LogP contribution in [0.4, 0.5) is 5.69 Å². The van der Waals surface area contributed by atoms with E-state index in [1.165, 1.54) is 0 Å². The molecule has 10 heteroatoms. The van der Waals surface area contributed by atoms with Gasteiger partial charge in [-0.25, -0.2) is 4.68 Å². The molecule has 2 aromatic heterocycles. The van der Waals surface area contributed by atoms with Gasteiger partial charge in [0.1, 0.15) is 11.4 Å². The maximum Gasteiger partial charge on any atom is 0.259 e. The number of benzene rings is 2. The van der Waals surface area contributed by atoms with Gasteiger partial charge in [-0.15, -0.1) is 5.10 Å². The van der Waals surface area contributed by atoms with Crippen molar-refractivity contribution in [1.82, 2.24) is 30.0 Å². The Labute approximate surface area is 195 Å². The highest BCUT2D eigenvalue weighted by Crippen LogP contribution is 2.43. The zero-order chi connectivity index (χ0) is 23.1. The lowest BCUT2D eigenvalue weighted by Gasteiger charge is -2.13. The monoisotopic (exact) mass is 463 g/mol. The largest absolute Gasteiger partial charge is 0.494 e. The van der Waals surface area contributed by atoms with Crippen molar-refractivity contribution in [3.8, 4) is 17.1 Å². The summed E-state index contributed by atoms with van der Waals surface area (Å²) >= 11 is 6.33. The van der Waals surface area contributed by atoms with Crippen molar-refractivity contribution in [2.45, 2.75) is 32.6 Å². The van der Waals surface area contributed by atoms with E-state index in [-0.39, 0.29) is 5.91 Å². The number of nitrogens with zero attached hydrogens (tertiary/aromatic N) is 6. The molecule has 1 amide bonds. The second-order valence-corrected chi connectivity index (χ2v) is 8.45. The first-order chi connectivity index (χ1) is 16.0. The van der Waals surface area contributed by atoms with Gasteiger partial charge >= 0.3 is 0 Å². The topological polar surface area (TPSA) is 99.8 Å². The molecule has 0 spiro atoms. The Kier molecular flexibility index (Phi) is 5.33. The molecule has 0 atom stereocenters. The van der Waals surface area contributed by atoms with Gasteiger partial charge in [-0.3, -0.25) is 4.79 Å². The number of hydrogen-bond donors (Lipinski definition) is 1.